The van der Waals surface area contributed by atoms with Gasteiger partial charge in [-0.05, 0) is 19.4 Å². The van der Waals surface area contributed by atoms with E-state index in [9.17, 15) is 5.11 Å². The predicted molar refractivity (Wildman–Crippen MR) is 57.9 cm³/mol. The Morgan fingerprint density at radius 2 is 2.20 bits per heavy atom. The fourth-order valence-corrected chi connectivity index (χ4v) is 1.41. The third-order valence-corrected chi connectivity index (χ3v) is 2.17. The smallest absolute Gasteiger partial charge is 0.162 e. The second kappa shape index (κ2) is 5.58. The molecule has 0 aliphatic heterocycles. The lowest BCUT2D eigenvalue weighted by atomic mass is 10.0. The van der Waals surface area contributed by atoms with Gasteiger partial charge in [-0.25, -0.2) is 0 Å². The minimum atomic E-state index is -0.365. The second-order valence-electron chi connectivity index (χ2n) is 3.25. The summed E-state index contributed by atoms with van der Waals surface area (Å²) in [7, 11) is 0. The van der Waals surface area contributed by atoms with Crippen molar-refractivity contribution in [3.8, 4) is 11.5 Å². The minimum absolute atomic E-state index is 0.000527. The normalized spacial score (nSPS) is 12.5. The van der Waals surface area contributed by atoms with Gasteiger partial charge in [-0.2, -0.15) is 0 Å². The van der Waals surface area contributed by atoms with Crippen LogP contribution in [0.5, 0.6) is 11.5 Å². The van der Waals surface area contributed by atoms with Crippen LogP contribution in [-0.2, 0) is 0 Å². The standard InChI is InChI=1S/C11H17NO3/c1-2-15-10-5-3-4-8(11(10)14)9(12)6-7-13/h3-5,9,13-14H,2,6-7,12H2,1H3. The Labute approximate surface area is 89.3 Å². The van der Waals surface area contributed by atoms with Crippen LogP contribution < -0.4 is 10.5 Å². The molecule has 0 saturated heterocycles. The summed E-state index contributed by atoms with van der Waals surface area (Å²) < 4.78 is 5.24. The molecule has 1 aromatic carbocycles. The number of phenols is 1. The molecule has 0 aliphatic carbocycles. The van der Waals surface area contributed by atoms with Crippen molar-refractivity contribution >= 4 is 0 Å². The molecule has 0 aliphatic rings. The van der Waals surface area contributed by atoms with Crippen LogP contribution in [0.3, 0.4) is 0 Å². The average Bonchev–Trinajstić information content (AvgIpc) is 2.22. The molecule has 1 aromatic rings. The number of aliphatic hydroxyl groups excluding tert-OH is 1. The summed E-state index contributed by atoms with van der Waals surface area (Å²) in [5, 5.41) is 18.6. The van der Waals surface area contributed by atoms with Gasteiger partial charge in [0.05, 0.1) is 6.61 Å². The molecular formula is C11H17NO3. The Hall–Kier alpha value is -1.26. The number of nitrogens with two attached hydrogens (primary N) is 1. The highest BCUT2D eigenvalue weighted by Crippen LogP contribution is 2.33. The van der Waals surface area contributed by atoms with Gasteiger partial charge in [0.1, 0.15) is 0 Å². The molecule has 1 atom stereocenters. The van der Waals surface area contributed by atoms with Crippen molar-refractivity contribution < 1.29 is 14.9 Å². The van der Waals surface area contributed by atoms with E-state index in [2.05, 4.69) is 0 Å². The van der Waals surface area contributed by atoms with E-state index in [1.165, 1.54) is 0 Å². The highest BCUT2D eigenvalue weighted by Gasteiger charge is 2.13. The predicted octanol–water partition coefficient (Wildman–Crippen LogP) is 1.17. The number of benzene rings is 1. The van der Waals surface area contributed by atoms with E-state index < -0.39 is 0 Å². The number of phenolic OH excluding ortho intramolecular Hbond substituents is 1. The van der Waals surface area contributed by atoms with E-state index >= 15 is 0 Å². The third-order valence-electron chi connectivity index (χ3n) is 2.17. The number of aromatic hydroxyl groups is 1. The van der Waals surface area contributed by atoms with Crippen molar-refractivity contribution in [2.45, 2.75) is 19.4 Å². The van der Waals surface area contributed by atoms with Crippen LogP contribution in [0.15, 0.2) is 18.2 Å². The monoisotopic (exact) mass is 211 g/mol. The Morgan fingerprint density at radius 3 is 2.80 bits per heavy atom. The molecular weight excluding hydrogens is 194 g/mol. The number of rotatable bonds is 5. The van der Waals surface area contributed by atoms with E-state index in [-0.39, 0.29) is 18.4 Å². The first-order valence-corrected chi connectivity index (χ1v) is 5.01. The van der Waals surface area contributed by atoms with E-state index in [0.29, 0.717) is 24.3 Å². The fraction of sp³-hybridized carbons (Fsp3) is 0.455. The van der Waals surface area contributed by atoms with Gasteiger partial charge in [0.2, 0.25) is 0 Å². The lowest BCUT2D eigenvalue weighted by molar-refractivity contribution is 0.274. The first-order valence-electron chi connectivity index (χ1n) is 5.01. The molecule has 4 heteroatoms. The maximum Gasteiger partial charge on any atom is 0.162 e. The highest BCUT2D eigenvalue weighted by molar-refractivity contribution is 5.46. The first-order chi connectivity index (χ1) is 7.20. The maximum absolute atomic E-state index is 9.83. The Kier molecular flexibility index (Phi) is 4.39. The van der Waals surface area contributed by atoms with Crippen LogP contribution >= 0.6 is 0 Å². The molecule has 1 rings (SSSR count). The van der Waals surface area contributed by atoms with Gasteiger partial charge >= 0.3 is 0 Å². The van der Waals surface area contributed by atoms with Gasteiger partial charge in [-0.1, -0.05) is 12.1 Å². The van der Waals surface area contributed by atoms with Gasteiger partial charge in [0.15, 0.2) is 11.5 Å². The first kappa shape index (κ1) is 11.8. The zero-order valence-electron chi connectivity index (χ0n) is 8.81. The highest BCUT2D eigenvalue weighted by atomic mass is 16.5. The molecule has 4 nitrogen and oxygen atoms in total. The van der Waals surface area contributed by atoms with E-state index in [1.54, 1.807) is 18.2 Å². The molecule has 0 aromatic heterocycles. The molecule has 0 bridgehead atoms. The lowest BCUT2D eigenvalue weighted by Gasteiger charge is -2.14. The molecule has 0 radical (unpaired) electrons. The van der Waals surface area contributed by atoms with Gasteiger partial charge in [0.25, 0.3) is 0 Å². The maximum atomic E-state index is 9.83. The number of ether oxygens (including phenoxy) is 1. The van der Waals surface area contributed by atoms with Crippen molar-refractivity contribution in [3.05, 3.63) is 23.8 Å². The Bertz CT molecular complexity index is 315. The topological polar surface area (TPSA) is 75.7 Å². The molecule has 0 amide bonds. The van der Waals surface area contributed by atoms with E-state index in [1.807, 2.05) is 6.92 Å². The van der Waals surface area contributed by atoms with Gasteiger partial charge in [0, 0.05) is 18.2 Å². The molecule has 84 valence electrons. The van der Waals surface area contributed by atoms with Gasteiger partial charge < -0.3 is 20.7 Å². The number of hydrogen-bond acceptors (Lipinski definition) is 4. The van der Waals surface area contributed by atoms with Gasteiger partial charge in [-0.3, -0.25) is 0 Å². The summed E-state index contributed by atoms with van der Waals surface area (Å²) in [5.74, 6) is 0.503. The van der Waals surface area contributed by atoms with Crippen molar-refractivity contribution in [1.82, 2.24) is 0 Å². The van der Waals surface area contributed by atoms with Crippen LogP contribution in [0.2, 0.25) is 0 Å². The van der Waals surface area contributed by atoms with Crippen molar-refractivity contribution in [2.75, 3.05) is 13.2 Å². The average molecular weight is 211 g/mol. The summed E-state index contributed by atoms with van der Waals surface area (Å²) in [4.78, 5) is 0. The van der Waals surface area contributed by atoms with Crippen LogP contribution in [0, 0.1) is 0 Å². The number of hydrogen-bond donors (Lipinski definition) is 3. The summed E-state index contributed by atoms with van der Waals surface area (Å²) >= 11 is 0. The quantitative estimate of drug-likeness (QED) is 0.683. The minimum Gasteiger partial charge on any atom is -0.504 e. The fourth-order valence-electron chi connectivity index (χ4n) is 1.41. The van der Waals surface area contributed by atoms with Crippen LogP contribution in [0.4, 0.5) is 0 Å². The van der Waals surface area contributed by atoms with Crippen LogP contribution in [0.25, 0.3) is 0 Å². The summed E-state index contributed by atoms with van der Waals surface area (Å²) in [6.45, 7) is 2.34. The Morgan fingerprint density at radius 1 is 1.47 bits per heavy atom. The third kappa shape index (κ3) is 2.84. The van der Waals surface area contributed by atoms with E-state index in [4.69, 9.17) is 15.6 Å². The molecule has 15 heavy (non-hydrogen) atoms. The van der Waals surface area contributed by atoms with Crippen molar-refractivity contribution in [2.24, 2.45) is 5.73 Å². The molecule has 0 fully saturated rings. The summed E-state index contributed by atoms with van der Waals surface area (Å²) in [6, 6.07) is 4.83. The molecule has 0 spiro atoms. The molecule has 0 saturated carbocycles. The zero-order chi connectivity index (χ0) is 11.3. The van der Waals surface area contributed by atoms with Crippen LogP contribution in [-0.4, -0.2) is 23.4 Å². The molecule has 4 N–H and O–H groups in total. The largest absolute Gasteiger partial charge is 0.504 e. The number of para-hydroxylation sites is 1. The van der Waals surface area contributed by atoms with Crippen LogP contribution in [0.1, 0.15) is 24.9 Å². The SMILES string of the molecule is CCOc1cccc(C(N)CCO)c1O. The summed E-state index contributed by atoms with van der Waals surface area (Å²) in [5.41, 5.74) is 6.40. The number of aliphatic hydroxyl groups is 1. The second-order valence-corrected chi connectivity index (χ2v) is 3.25. The molecule has 1 unspecified atom stereocenters. The van der Waals surface area contributed by atoms with Crippen molar-refractivity contribution in [1.29, 1.82) is 0 Å². The van der Waals surface area contributed by atoms with Gasteiger partial charge in [-0.15, -0.1) is 0 Å². The molecule has 0 heterocycles. The Balaban J connectivity index is 2.92. The van der Waals surface area contributed by atoms with Crippen molar-refractivity contribution in [3.63, 3.8) is 0 Å². The van der Waals surface area contributed by atoms with E-state index in [0.717, 1.165) is 0 Å². The summed E-state index contributed by atoms with van der Waals surface area (Å²) in [6.07, 6.45) is 0.420. The zero-order valence-corrected chi connectivity index (χ0v) is 8.81. The lowest BCUT2D eigenvalue weighted by Crippen LogP contribution is -2.12.